The summed E-state index contributed by atoms with van der Waals surface area (Å²) in [7, 11) is 3.08. The Balaban J connectivity index is 1.70. The van der Waals surface area contributed by atoms with Crippen LogP contribution >= 0.6 is 0 Å². The second kappa shape index (κ2) is 8.93. The lowest BCUT2D eigenvalue weighted by Gasteiger charge is -2.12. The van der Waals surface area contributed by atoms with E-state index in [4.69, 9.17) is 9.47 Å². The smallest absolute Gasteiger partial charge is 0.255 e. The van der Waals surface area contributed by atoms with Gasteiger partial charge in [0.25, 0.3) is 11.8 Å². The van der Waals surface area contributed by atoms with E-state index < -0.39 is 0 Å². The van der Waals surface area contributed by atoms with E-state index in [1.807, 2.05) is 31.2 Å². The minimum atomic E-state index is -0.306. The predicted octanol–water partition coefficient (Wildman–Crippen LogP) is 4.52. The Kier molecular flexibility index (Phi) is 6.14. The average Bonchev–Trinajstić information content (AvgIpc) is 2.75. The third-order valence-corrected chi connectivity index (χ3v) is 4.46. The summed E-state index contributed by atoms with van der Waals surface area (Å²) in [5.41, 5.74) is 3.15. The van der Waals surface area contributed by atoms with E-state index in [0.29, 0.717) is 28.3 Å². The molecular weight excluding hydrogens is 368 g/mol. The minimum absolute atomic E-state index is 0.233. The maximum atomic E-state index is 12.6. The van der Waals surface area contributed by atoms with Crippen LogP contribution in [0.1, 0.15) is 26.3 Å². The summed E-state index contributed by atoms with van der Waals surface area (Å²) in [6.45, 7) is 1.93. The fraction of sp³-hybridized carbons (Fsp3) is 0.130. The number of ether oxygens (including phenoxy) is 2. The van der Waals surface area contributed by atoms with Crippen LogP contribution in [-0.2, 0) is 0 Å². The number of anilines is 2. The molecule has 0 atom stereocenters. The fourth-order valence-electron chi connectivity index (χ4n) is 2.78. The Morgan fingerprint density at radius 1 is 0.724 bits per heavy atom. The molecule has 29 heavy (non-hydrogen) atoms. The predicted molar refractivity (Wildman–Crippen MR) is 113 cm³/mol. The molecule has 0 fully saturated rings. The maximum Gasteiger partial charge on any atom is 0.255 e. The monoisotopic (exact) mass is 390 g/mol. The van der Waals surface area contributed by atoms with E-state index in [9.17, 15) is 9.59 Å². The number of benzene rings is 3. The van der Waals surface area contributed by atoms with Gasteiger partial charge in [0, 0.05) is 22.9 Å². The van der Waals surface area contributed by atoms with Crippen LogP contribution in [0.4, 0.5) is 11.4 Å². The summed E-state index contributed by atoms with van der Waals surface area (Å²) >= 11 is 0. The van der Waals surface area contributed by atoms with E-state index in [0.717, 1.165) is 11.3 Å². The number of nitrogens with one attached hydrogen (secondary N) is 2. The van der Waals surface area contributed by atoms with E-state index in [-0.39, 0.29) is 11.8 Å². The topological polar surface area (TPSA) is 76.7 Å². The van der Waals surface area contributed by atoms with Crippen molar-refractivity contribution in [2.45, 2.75) is 6.92 Å². The Bertz CT molecular complexity index is 1030. The van der Waals surface area contributed by atoms with Gasteiger partial charge in [-0.2, -0.15) is 0 Å². The van der Waals surface area contributed by atoms with Crippen molar-refractivity contribution in [3.05, 3.63) is 83.4 Å². The van der Waals surface area contributed by atoms with E-state index in [1.54, 1.807) is 49.6 Å². The highest BCUT2D eigenvalue weighted by Crippen LogP contribution is 2.29. The molecule has 0 radical (unpaired) electrons. The first kappa shape index (κ1) is 19.9. The highest BCUT2D eigenvalue weighted by atomic mass is 16.5. The third-order valence-electron chi connectivity index (χ3n) is 4.46. The van der Waals surface area contributed by atoms with Crippen LogP contribution in [0, 0.1) is 6.92 Å². The molecule has 0 unspecified atom stereocenters. The molecule has 0 aromatic heterocycles. The first-order valence-corrected chi connectivity index (χ1v) is 9.02. The zero-order valence-corrected chi connectivity index (χ0v) is 16.5. The standard InChI is InChI=1S/C23H22N2O4/c1-15-6-4-5-7-19(15)24-22(26)16-8-10-17(11-9-16)23(27)25-20-13-12-18(28-2)14-21(20)29-3/h4-14H,1-3H3,(H,24,26)(H,25,27). The second-order valence-corrected chi connectivity index (χ2v) is 6.37. The van der Waals surface area contributed by atoms with E-state index in [1.165, 1.54) is 7.11 Å². The molecule has 0 saturated heterocycles. The van der Waals surface area contributed by atoms with Gasteiger partial charge in [-0.15, -0.1) is 0 Å². The van der Waals surface area contributed by atoms with Crippen molar-refractivity contribution in [1.29, 1.82) is 0 Å². The SMILES string of the molecule is COc1ccc(NC(=O)c2ccc(C(=O)Nc3ccccc3C)cc2)c(OC)c1. The van der Waals surface area contributed by atoms with Gasteiger partial charge < -0.3 is 20.1 Å². The summed E-state index contributed by atoms with van der Waals surface area (Å²) in [6.07, 6.45) is 0. The van der Waals surface area contributed by atoms with Crippen LogP contribution in [0.2, 0.25) is 0 Å². The fourth-order valence-corrected chi connectivity index (χ4v) is 2.78. The van der Waals surface area contributed by atoms with Gasteiger partial charge in [0.2, 0.25) is 0 Å². The van der Waals surface area contributed by atoms with Crippen molar-refractivity contribution in [3.8, 4) is 11.5 Å². The molecule has 3 rings (SSSR count). The molecule has 148 valence electrons. The molecule has 0 aliphatic heterocycles. The Hall–Kier alpha value is -3.80. The zero-order chi connectivity index (χ0) is 20.8. The first-order valence-electron chi connectivity index (χ1n) is 9.02. The number of hydrogen-bond acceptors (Lipinski definition) is 4. The van der Waals surface area contributed by atoms with Crippen molar-refractivity contribution in [2.75, 3.05) is 24.9 Å². The van der Waals surface area contributed by atoms with Crippen molar-refractivity contribution in [1.82, 2.24) is 0 Å². The van der Waals surface area contributed by atoms with Gasteiger partial charge in [-0.1, -0.05) is 18.2 Å². The third kappa shape index (κ3) is 4.73. The van der Waals surface area contributed by atoms with Gasteiger partial charge in [-0.3, -0.25) is 9.59 Å². The molecule has 3 aromatic carbocycles. The van der Waals surface area contributed by atoms with Crippen LogP contribution in [0.5, 0.6) is 11.5 Å². The molecule has 0 aliphatic rings. The quantitative estimate of drug-likeness (QED) is 0.649. The first-order chi connectivity index (χ1) is 14.0. The Morgan fingerprint density at radius 2 is 1.31 bits per heavy atom. The summed E-state index contributed by atoms with van der Waals surface area (Å²) in [5.74, 6) is 0.582. The molecule has 0 heterocycles. The summed E-state index contributed by atoms with van der Waals surface area (Å²) in [5, 5.41) is 5.68. The minimum Gasteiger partial charge on any atom is -0.497 e. The second-order valence-electron chi connectivity index (χ2n) is 6.37. The summed E-state index contributed by atoms with van der Waals surface area (Å²) < 4.78 is 10.4. The molecule has 6 nitrogen and oxygen atoms in total. The number of rotatable bonds is 6. The van der Waals surface area contributed by atoms with Gasteiger partial charge in [0.1, 0.15) is 11.5 Å². The van der Waals surface area contributed by atoms with Crippen LogP contribution in [0.25, 0.3) is 0 Å². The van der Waals surface area contributed by atoms with Gasteiger partial charge in [-0.25, -0.2) is 0 Å². The molecule has 0 spiro atoms. The summed E-state index contributed by atoms with van der Waals surface area (Å²) in [6, 6.07) is 19.1. The molecule has 2 N–H and O–H groups in total. The lowest BCUT2D eigenvalue weighted by Crippen LogP contribution is -2.15. The van der Waals surface area contributed by atoms with Crippen molar-refractivity contribution >= 4 is 23.2 Å². The largest absolute Gasteiger partial charge is 0.497 e. The Labute approximate surface area is 169 Å². The van der Waals surface area contributed by atoms with Crippen molar-refractivity contribution < 1.29 is 19.1 Å². The summed E-state index contributed by atoms with van der Waals surface area (Å²) in [4.78, 5) is 25.0. The maximum absolute atomic E-state index is 12.6. The molecular formula is C23H22N2O4. The zero-order valence-electron chi connectivity index (χ0n) is 16.5. The van der Waals surface area contributed by atoms with Gasteiger partial charge in [-0.05, 0) is 55.0 Å². The Morgan fingerprint density at radius 3 is 1.86 bits per heavy atom. The highest BCUT2D eigenvalue weighted by molar-refractivity contribution is 6.07. The molecule has 0 saturated carbocycles. The number of aryl methyl sites for hydroxylation is 1. The lowest BCUT2D eigenvalue weighted by atomic mass is 10.1. The normalized spacial score (nSPS) is 10.2. The lowest BCUT2D eigenvalue weighted by molar-refractivity contribution is 0.101. The molecule has 6 heteroatoms. The number of para-hydroxylation sites is 1. The van der Waals surface area contributed by atoms with E-state index >= 15 is 0 Å². The molecule has 0 aliphatic carbocycles. The van der Waals surface area contributed by atoms with Crippen LogP contribution in [0.3, 0.4) is 0 Å². The van der Waals surface area contributed by atoms with E-state index in [2.05, 4.69) is 10.6 Å². The van der Waals surface area contributed by atoms with Gasteiger partial charge in [0.15, 0.2) is 0 Å². The number of carbonyl (C=O) groups is 2. The van der Waals surface area contributed by atoms with Crippen LogP contribution in [0.15, 0.2) is 66.7 Å². The highest BCUT2D eigenvalue weighted by Gasteiger charge is 2.13. The number of amides is 2. The molecule has 3 aromatic rings. The van der Waals surface area contributed by atoms with Crippen LogP contribution < -0.4 is 20.1 Å². The van der Waals surface area contributed by atoms with Crippen molar-refractivity contribution in [2.24, 2.45) is 0 Å². The molecule has 2 amide bonds. The molecule has 0 bridgehead atoms. The number of carbonyl (C=O) groups excluding carboxylic acids is 2. The van der Waals surface area contributed by atoms with Crippen molar-refractivity contribution in [3.63, 3.8) is 0 Å². The van der Waals surface area contributed by atoms with Gasteiger partial charge >= 0.3 is 0 Å². The number of hydrogen-bond donors (Lipinski definition) is 2. The average molecular weight is 390 g/mol. The van der Waals surface area contributed by atoms with Gasteiger partial charge in [0.05, 0.1) is 19.9 Å². The van der Waals surface area contributed by atoms with Crippen LogP contribution in [-0.4, -0.2) is 26.0 Å². The number of methoxy groups -OCH3 is 2.